The van der Waals surface area contributed by atoms with E-state index in [1.54, 1.807) is 30.3 Å². The lowest BCUT2D eigenvalue weighted by Crippen LogP contribution is -2.37. The summed E-state index contributed by atoms with van der Waals surface area (Å²) in [6.45, 7) is -0.297. The quantitative estimate of drug-likeness (QED) is 0.693. The van der Waals surface area contributed by atoms with Crippen LogP contribution in [0.4, 0.5) is 5.69 Å². The van der Waals surface area contributed by atoms with Crippen molar-refractivity contribution in [2.45, 2.75) is 4.90 Å². The van der Waals surface area contributed by atoms with Crippen molar-refractivity contribution in [2.24, 2.45) is 0 Å². The molecule has 0 bridgehead atoms. The molecule has 0 fully saturated rings. The van der Waals surface area contributed by atoms with Crippen molar-refractivity contribution < 1.29 is 14.4 Å². The number of nitrogens with one attached hydrogen (secondary N) is 1. The Labute approximate surface area is 137 Å². The predicted octanol–water partition coefficient (Wildman–Crippen LogP) is 2.64. The van der Waals surface area contributed by atoms with E-state index in [1.165, 1.54) is 11.8 Å². The third-order valence-corrected chi connectivity index (χ3v) is 4.36. The fraction of sp³-hybridized carbons (Fsp3) is 0.118. The van der Waals surface area contributed by atoms with Gasteiger partial charge >= 0.3 is 0 Å². The average molecular weight is 326 g/mol. The zero-order valence-electron chi connectivity index (χ0n) is 12.4. The van der Waals surface area contributed by atoms with Crippen LogP contribution in [0, 0.1) is 0 Å². The molecule has 0 radical (unpaired) electrons. The number of hydrogen-bond donors (Lipinski definition) is 1. The standard InChI is InChI=1S/C17H14N2O3S/c1-23-14-9-5-4-8-13(14)18-15(20)10-19-16(21)11-6-2-3-7-12(11)17(19)22/h2-9H,10H2,1H3,(H,18,20). The zero-order valence-corrected chi connectivity index (χ0v) is 13.2. The largest absolute Gasteiger partial charge is 0.324 e. The molecule has 5 nitrogen and oxygen atoms in total. The molecular formula is C17H14N2O3S. The van der Waals surface area contributed by atoms with Crippen molar-refractivity contribution in [3.05, 3.63) is 59.7 Å². The number of anilines is 1. The van der Waals surface area contributed by atoms with Gasteiger partial charge in [-0.05, 0) is 30.5 Å². The SMILES string of the molecule is CSc1ccccc1NC(=O)CN1C(=O)c2ccccc2C1=O. The van der Waals surface area contributed by atoms with E-state index >= 15 is 0 Å². The van der Waals surface area contributed by atoms with Crippen molar-refractivity contribution in [3.8, 4) is 0 Å². The van der Waals surface area contributed by atoms with Gasteiger partial charge < -0.3 is 5.32 Å². The number of fused-ring (bicyclic) bond motifs is 1. The second-order valence-corrected chi connectivity index (χ2v) is 5.84. The minimum atomic E-state index is -0.432. The highest BCUT2D eigenvalue weighted by atomic mass is 32.2. The van der Waals surface area contributed by atoms with Crippen molar-refractivity contribution in [1.29, 1.82) is 0 Å². The van der Waals surface area contributed by atoms with Gasteiger partial charge in [-0.1, -0.05) is 24.3 Å². The number of thioether (sulfide) groups is 1. The summed E-state index contributed by atoms with van der Waals surface area (Å²) in [6, 6.07) is 14.0. The average Bonchev–Trinajstić information content (AvgIpc) is 2.81. The van der Waals surface area contributed by atoms with E-state index in [2.05, 4.69) is 5.32 Å². The van der Waals surface area contributed by atoms with Crippen LogP contribution in [0.1, 0.15) is 20.7 Å². The summed E-state index contributed by atoms with van der Waals surface area (Å²) in [7, 11) is 0. The Balaban J connectivity index is 1.74. The molecule has 0 unspecified atom stereocenters. The lowest BCUT2D eigenvalue weighted by atomic mass is 10.1. The summed E-state index contributed by atoms with van der Waals surface area (Å²) < 4.78 is 0. The molecule has 0 spiro atoms. The Morgan fingerprint density at radius 3 is 2.17 bits per heavy atom. The number of imide groups is 1. The maximum absolute atomic E-state index is 12.2. The Morgan fingerprint density at radius 1 is 1.00 bits per heavy atom. The monoisotopic (exact) mass is 326 g/mol. The molecule has 1 aliphatic heterocycles. The first-order chi connectivity index (χ1) is 11.1. The highest BCUT2D eigenvalue weighted by Gasteiger charge is 2.36. The van der Waals surface area contributed by atoms with Crippen LogP contribution < -0.4 is 5.32 Å². The Hall–Kier alpha value is -2.60. The first-order valence-corrected chi connectivity index (χ1v) is 8.22. The molecule has 0 aliphatic carbocycles. The molecule has 116 valence electrons. The summed E-state index contributed by atoms with van der Waals surface area (Å²) in [4.78, 5) is 38.6. The van der Waals surface area contributed by atoms with Crippen LogP contribution in [-0.2, 0) is 4.79 Å². The number of carbonyl (C=O) groups excluding carboxylic acids is 3. The van der Waals surface area contributed by atoms with Gasteiger partial charge in [-0.2, -0.15) is 0 Å². The molecule has 0 atom stereocenters. The van der Waals surface area contributed by atoms with Crippen molar-refractivity contribution in [3.63, 3.8) is 0 Å². The molecule has 0 aromatic heterocycles. The van der Waals surface area contributed by atoms with Gasteiger partial charge in [0.1, 0.15) is 6.54 Å². The fourth-order valence-corrected chi connectivity index (χ4v) is 3.02. The lowest BCUT2D eigenvalue weighted by molar-refractivity contribution is -0.116. The smallest absolute Gasteiger partial charge is 0.262 e. The lowest BCUT2D eigenvalue weighted by Gasteiger charge is -2.14. The minimum Gasteiger partial charge on any atom is -0.324 e. The van der Waals surface area contributed by atoms with Crippen LogP contribution in [0.3, 0.4) is 0 Å². The molecule has 6 heteroatoms. The summed E-state index contributed by atoms with van der Waals surface area (Å²) in [6.07, 6.45) is 1.91. The number of para-hydroxylation sites is 1. The van der Waals surface area contributed by atoms with Gasteiger partial charge in [0.15, 0.2) is 0 Å². The van der Waals surface area contributed by atoms with Gasteiger partial charge in [-0.15, -0.1) is 11.8 Å². The summed E-state index contributed by atoms with van der Waals surface area (Å²) in [5, 5.41) is 2.75. The van der Waals surface area contributed by atoms with E-state index in [4.69, 9.17) is 0 Å². The molecule has 3 rings (SSSR count). The van der Waals surface area contributed by atoms with Gasteiger partial charge in [0.05, 0.1) is 16.8 Å². The van der Waals surface area contributed by atoms with Crippen LogP contribution in [0.5, 0.6) is 0 Å². The van der Waals surface area contributed by atoms with Gasteiger partial charge in [0, 0.05) is 4.90 Å². The Morgan fingerprint density at radius 2 is 1.57 bits per heavy atom. The summed E-state index contributed by atoms with van der Waals surface area (Å²) >= 11 is 1.51. The molecule has 1 N–H and O–H groups in total. The molecule has 2 aromatic rings. The van der Waals surface area contributed by atoms with Crippen LogP contribution in [0.25, 0.3) is 0 Å². The molecule has 3 amide bonds. The Bertz CT molecular complexity index is 769. The summed E-state index contributed by atoms with van der Waals surface area (Å²) in [5.41, 5.74) is 1.35. The Kier molecular flexibility index (Phi) is 4.16. The highest BCUT2D eigenvalue weighted by molar-refractivity contribution is 7.98. The van der Waals surface area contributed by atoms with Crippen molar-refractivity contribution in [2.75, 3.05) is 18.1 Å². The normalized spacial score (nSPS) is 13.2. The van der Waals surface area contributed by atoms with Gasteiger partial charge in [0.2, 0.25) is 5.91 Å². The van der Waals surface area contributed by atoms with Crippen LogP contribution in [-0.4, -0.2) is 35.4 Å². The van der Waals surface area contributed by atoms with E-state index in [1.807, 2.05) is 24.5 Å². The van der Waals surface area contributed by atoms with Gasteiger partial charge in [0.25, 0.3) is 11.8 Å². The van der Waals surface area contributed by atoms with Crippen LogP contribution in [0.15, 0.2) is 53.4 Å². The number of benzene rings is 2. The maximum Gasteiger partial charge on any atom is 0.262 e. The highest BCUT2D eigenvalue weighted by Crippen LogP contribution is 2.25. The molecule has 1 heterocycles. The van der Waals surface area contributed by atoms with Crippen molar-refractivity contribution in [1.82, 2.24) is 4.90 Å². The second-order valence-electron chi connectivity index (χ2n) is 4.99. The van der Waals surface area contributed by atoms with Gasteiger partial charge in [-0.3, -0.25) is 19.3 Å². The van der Waals surface area contributed by atoms with E-state index in [-0.39, 0.29) is 6.54 Å². The third-order valence-electron chi connectivity index (χ3n) is 3.56. The molecule has 0 saturated carbocycles. The number of hydrogen-bond acceptors (Lipinski definition) is 4. The number of nitrogens with zero attached hydrogens (tertiary/aromatic N) is 1. The van der Waals surface area contributed by atoms with Crippen LogP contribution in [0.2, 0.25) is 0 Å². The first kappa shape index (κ1) is 15.3. The topological polar surface area (TPSA) is 66.5 Å². The number of carbonyl (C=O) groups is 3. The molecule has 23 heavy (non-hydrogen) atoms. The van der Waals surface area contributed by atoms with E-state index in [0.717, 1.165) is 9.80 Å². The maximum atomic E-state index is 12.2. The molecule has 0 saturated heterocycles. The van der Waals surface area contributed by atoms with Crippen molar-refractivity contribution >= 4 is 35.2 Å². The number of amides is 3. The molecule has 2 aromatic carbocycles. The van der Waals surface area contributed by atoms with E-state index in [9.17, 15) is 14.4 Å². The second kappa shape index (κ2) is 6.26. The summed E-state index contributed by atoms with van der Waals surface area (Å²) in [5.74, 6) is -1.26. The fourth-order valence-electron chi connectivity index (χ4n) is 2.46. The van der Waals surface area contributed by atoms with Crippen LogP contribution >= 0.6 is 11.8 Å². The first-order valence-electron chi connectivity index (χ1n) is 7.00. The van der Waals surface area contributed by atoms with E-state index in [0.29, 0.717) is 16.8 Å². The molecule has 1 aliphatic rings. The van der Waals surface area contributed by atoms with Gasteiger partial charge in [-0.25, -0.2) is 0 Å². The molecular weight excluding hydrogens is 312 g/mol. The van der Waals surface area contributed by atoms with E-state index < -0.39 is 17.7 Å². The number of rotatable bonds is 4. The third kappa shape index (κ3) is 2.85. The minimum absolute atomic E-state index is 0.297. The zero-order chi connectivity index (χ0) is 16.4. The predicted molar refractivity (Wildman–Crippen MR) is 88.7 cm³/mol.